The second-order valence-corrected chi connectivity index (χ2v) is 8.19. The van der Waals surface area contributed by atoms with E-state index in [1.54, 1.807) is 13.8 Å². The molecule has 0 spiro atoms. The Balaban J connectivity index is 3.90. The summed E-state index contributed by atoms with van der Waals surface area (Å²) in [6.45, 7) is 5.49. The van der Waals surface area contributed by atoms with Crippen LogP contribution in [0.5, 0.6) is 0 Å². The van der Waals surface area contributed by atoms with Gasteiger partial charge in [-0.25, -0.2) is 0 Å². The SMILES string of the molecule is CCCCCCC(C)P(O)(O)(O)CC. The normalized spacial score (nSPS) is 17.4. The van der Waals surface area contributed by atoms with E-state index in [-0.39, 0.29) is 11.8 Å². The maximum absolute atomic E-state index is 9.66. The van der Waals surface area contributed by atoms with Gasteiger partial charge >= 0.3 is 86.7 Å². The molecule has 0 rings (SSSR count). The van der Waals surface area contributed by atoms with Gasteiger partial charge in [-0.05, 0) is 0 Å². The van der Waals surface area contributed by atoms with Gasteiger partial charge in [0.25, 0.3) is 0 Å². The first-order chi connectivity index (χ1) is 6.32. The van der Waals surface area contributed by atoms with Crippen molar-refractivity contribution in [1.82, 2.24) is 0 Å². The van der Waals surface area contributed by atoms with Gasteiger partial charge in [-0.1, -0.05) is 0 Å². The number of hydrogen-bond acceptors (Lipinski definition) is 3. The van der Waals surface area contributed by atoms with E-state index in [1.165, 1.54) is 12.8 Å². The van der Waals surface area contributed by atoms with Crippen LogP contribution in [0.25, 0.3) is 0 Å². The fourth-order valence-corrected chi connectivity index (χ4v) is 2.78. The molecule has 0 bridgehead atoms. The van der Waals surface area contributed by atoms with E-state index >= 15 is 0 Å². The van der Waals surface area contributed by atoms with E-state index < -0.39 is 7.28 Å². The van der Waals surface area contributed by atoms with Crippen molar-refractivity contribution in [3.05, 3.63) is 0 Å². The summed E-state index contributed by atoms with van der Waals surface area (Å²) in [7, 11) is -4.30. The number of hydrogen-bond donors (Lipinski definition) is 3. The third-order valence-electron chi connectivity index (χ3n) is 2.99. The van der Waals surface area contributed by atoms with Gasteiger partial charge < -0.3 is 0 Å². The van der Waals surface area contributed by atoms with Gasteiger partial charge in [-0.2, -0.15) is 0 Å². The molecule has 0 heterocycles. The van der Waals surface area contributed by atoms with Crippen LogP contribution in [0.2, 0.25) is 0 Å². The molecule has 0 aromatic carbocycles. The molecule has 0 fully saturated rings. The standard InChI is InChI=1S/C10H25O3P/c1-4-6-7-8-9-10(3)14(11,12,13)5-2/h10-13H,4-9H2,1-3H3. The first kappa shape index (κ1) is 14.3. The third kappa shape index (κ3) is 4.70. The van der Waals surface area contributed by atoms with E-state index in [0.717, 1.165) is 12.8 Å². The molecule has 1 atom stereocenters. The molecule has 0 aromatic heterocycles. The van der Waals surface area contributed by atoms with E-state index in [2.05, 4.69) is 6.92 Å². The van der Waals surface area contributed by atoms with E-state index in [1.807, 2.05) is 0 Å². The van der Waals surface area contributed by atoms with Crippen LogP contribution in [-0.4, -0.2) is 26.5 Å². The fourth-order valence-electron chi connectivity index (χ4n) is 1.44. The molecule has 0 saturated heterocycles. The Labute approximate surface area is 87.3 Å². The first-order valence-electron chi connectivity index (χ1n) is 5.57. The Hall–Kier alpha value is 0.310. The Morgan fingerprint density at radius 3 is 2.00 bits per heavy atom. The number of unbranched alkanes of at least 4 members (excludes halogenated alkanes) is 3. The Morgan fingerprint density at radius 2 is 1.57 bits per heavy atom. The van der Waals surface area contributed by atoms with E-state index in [9.17, 15) is 14.7 Å². The van der Waals surface area contributed by atoms with Crippen LogP contribution in [0.15, 0.2) is 0 Å². The van der Waals surface area contributed by atoms with Crippen LogP contribution < -0.4 is 0 Å². The topological polar surface area (TPSA) is 60.7 Å². The van der Waals surface area contributed by atoms with Crippen LogP contribution in [0.4, 0.5) is 0 Å². The van der Waals surface area contributed by atoms with Gasteiger partial charge in [0.15, 0.2) is 0 Å². The Bertz CT molecular complexity index is 162. The molecule has 3 N–H and O–H groups in total. The molecule has 0 aliphatic carbocycles. The van der Waals surface area contributed by atoms with Crippen molar-refractivity contribution in [2.24, 2.45) is 0 Å². The molecule has 0 saturated carbocycles. The summed E-state index contributed by atoms with van der Waals surface area (Å²) in [4.78, 5) is 29.0. The minimum atomic E-state index is -4.30. The Kier molecular flexibility index (Phi) is 5.53. The van der Waals surface area contributed by atoms with Gasteiger partial charge in [0, 0.05) is 0 Å². The maximum atomic E-state index is 9.66. The molecule has 4 heteroatoms. The van der Waals surface area contributed by atoms with Crippen LogP contribution in [0, 0.1) is 0 Å². The van der Waals surface area contributed by atoms with Crippen LogP contribution in [-0.2, 0) is 0 Å². The van der Waals surface area contributed by atoms with Gasteiger partial charge in [0.05, 0.1) is 0 Å². The Morgan fingerprint density at radius 1 is 1.00 bits per heavy atom. The average molecular weight is 224 g/mol. The molecule has 0 aromatic rings. The van der Waals surface area contributed by atoms with Gasteiger partial charge in [-0.3, -0.25) is 0 Å². The summed E-state index contributed by atoms with van der Waals surface area (Å²) in [5.74, 6) is 0. The first-order valence-corrected chi connectivity index (χ1v) is 7.92. The zero-order valence-electron chi connectivity index (χ0n) is 9.61. The molecular weight excluding hydrogens is 199 g/mol. The summed E-state index contributed by atoms with van der Waals surface area (Å²) in [6.07, 6.45) is 5.20. The summed E-state index contributed by atoms with van der Waals surface area (Å²) < 4.78 is 0. The number of rotatable bonds is 7. The summed E-state index contributed by atoms with van der Waals surface area (Å²) in [6, 6.07) is 0. The van der Waals surface area contributed by atoms with Crippen molar-refractivity contribution in [3.8, 4) is 0 Å². The average Bonchev–Trinajstić information content (AvgIpc) is 2.11. The molecule has 1 unspecified atom stereocenters. The van der Waals surface area contributed by atoms with Crippen LogP contribution in [0.1, 0.15) is 52.9 Å². The summed E-state index contributed by atoms with van der Waals surface area (Å²) in [5.41, 5.74) is -0.372. The molecule has 3 nitrogen and oxygen atoms in total. The molecule has 0 aliphatic rings. The van der Waals surface area contributed by atoms with E-state index in [0.29, 0.717) is 6.42 Å². The van der Waals surface area contributed by atoms with Crippen molar-refractivity contribution >= 4 is 7.28 Å². The second-order valence-electron chi connectivity index (χ2n) is 4.24. The van der Waals surface area contributed by atoms with Crippen molar-refractivity contribution in [2.45, 2.75) is 58.5 Å². The minimum absolute atomic E-state index is 0.0700. The van der Waals surface area contributed by atoms with E-state index in [4.69, 9.17) is 0 Å². The van der Waals surface area contributed by atoms with Crippen molar-refractivity contribution in [1.29, 1.82) is 0 Å². The molecule has 0 amide bonds. The molecule has 88 valence electrons. The summed E-state index contributed by atoms with van der Waals surface area (Å²) in [5, 5.41) is 0. The van der Waals surface area contributed by atoms with Gasteiger partial charge in [-0.15, -0.1) is 0 Å². The van der Waals surface area contributed by atoms with Gasteiger partial charge in [0.1, 0.15) is 0 Å². The predicted octanol–water partition coefficient (Wildman–Crippen LogP) is 2.64. The fraction of sp³-hybridized carbons (Fsp3) is 1.00. The summed E-state index contributed by atoms with van der Waals surface area (Å²) >= 11 is 0. The zero-order chi connectivity index (χ0) is 11.3. The van der Waals surface area contributed by atoms with Crippen molar-refractivity contribution in [3.63, 3.8) is 0 Å². The van der Waals surface area contributed by atoms with Gasteiger partial charge in [0.2, 0.25) is 0 Å². The molecule has 0 aliphatic heterocycles. The monoisotopic (exact) mass is 224 g/mol. The third-order valence-corrected chi connectivity index (χ3v) is 6.26. The van der Waals surface area contributed by atoms with Crippen molar-refractivity contribution < 1.29 is 14.7 Å². The van der Waals surface area contributed by atoms with Crippen LogP contribution >= 0.6 is 7.28 Å². The molecular formula is C10H25O3P. The molecule has 14 heavy (non-hydrogen) atoms. The quantitative estimate of drug-likeness (QED) is 0.460. The second kappa shape index (κ2) is 5.41. The van der Waals surface area contributed by atoms with Crippen LogP contribution in [0.3, 0.4) is 0 Å². The predicted molar refractivity (Wildman–Crippen MR) is 62.3 cm³/mol. The molecule has 0 radical (unpaired) electrons. The zero-order valence-corrected chi connectivity index (χ0v) is 10.5. The van der Waals surface area contributed by atoms with Crippen molar-refractivity contribution in [2.75, 3.05) is 6.16 Å².